The first kappa shape index (κ1) is 23.4. The van der Waals surface area contributed by atoms with Crippen LogP contribution in [0.25, 0.3) is 27.9 Å². The second kappa shape index (κ2) is 9.16. The van der Waals surface area contributed by atoms with E-state index in [0.717, 1.165) is 58.6 Å². The molecular weight excluding hydrogens is 465 g/mol. The van der Waals surface area contributed by atoms with E-state index in [2.05, 4.69) is 29.7 Å². The Hall–Kier alpha value is -3.97. The van der Waals surface area contributed by atoms with Crippen molar-refractivity contribution in [1.82, 2.24) is 18.9 Å². The number of fused-ring (bicyclic) bond motifs is 2. The normalized spacial score (nSPS) is 17.0. The molecule has 7 heteroatoms. The number of hydrogen-bond acceptors (Lipinski definition) is 3. The van der Waals surface area contributed by atoms with Crippen molar-refractivity contribution < 1.29 is 9.18 Å². The Morgan fingerprint density at radius 2 is 1.89 bits per heavy atom. The minimum absolute atomic E-state index is 0.00102. The largest absolute Gasteiger partial charge is 0.337 e. The molecule has 1 amide bonds. The summed E-state index contributed by atoms with van der Waals surface area (Å²) in [4.78, 5) is 20.1. The summed E-state index contributed by atoms with van der Waals surface area (Å²) in [6.07, 6.45) is 3.81. The Balaban J connectivity index is 1.45. The van der Waals surface area contributed by atoms with Crippen LogP contribution in [0, 0.1) is 12.7 Å². The summed E-state index contributed by atoms with van der Waals surface area (Å²) < 4.78 is 17.9. The highest BCUT2D eigenvalue weighted by atomic mass is 19.1. The highest BCUT2D eigenvalue weighted by Crippen LogP contribution is 2.35. The van der Waals surface area contributed by atoms with Crippen molar-refractivity contribution in [2.45, 2.75) is 38.8 Å². The van der Waals surface area contributed by atoms with E-state index in [-0.39, 0.29) is 23.8 Å². The van der Waals surface area contributed by atoms with Crippen LogP contribution in [0.3, 0.4) is 0 Å². The summed E-state index contributed by atoms with van der Waals surface area (Å²) in [5, 5.41) is 1.11. The number of piperidine rings is 1. The van der Waals surface area contributed by atoms with Gasteiger partial charge < -0.3 is 19.6 Å². The average molecular weight is 496 g/mol. The standard InChI is InChI=1S/C30H30FN5O/c1-19(21-9-11-24(31)12-10-21)36-26-8-4-3-6-22(26)16-27(36)29-20(2)35-15-13-23(17-28(35)33-29)30(37)34-14-5-7-25(32)18-34/h3-4,6,8-13,15-17,19,25H,5,7,14,18,32H2,1-2H3. The van der Waals surface area contributed by atoms with Crippen molar-refractivity contribution >= 4 is 22.5 Å². The molecule has 0 saturated carbocycles. The predicted octanol–water partition coefficient (Wildman–Crippen LogP) is 5.58. The van der Waals surface area contributed by atoms with Gasteiger partial charge in [-0.1, -0.05) is 30.3 Å². The molecule has 1 saturated heterocycles. The quantitative estimate of drug-likeness (QED) is 0.354. The zero-order valence-electron chi connectivity index (χ0n) is 21.1. The van der Waals surface area contributed by atoms with Crippen molar-refractivity contribution in [2.24, 2.45) is 5.73 Å². The van der Waals surface area contributed by atoms with Gasteiger partial charge in [0.15, 0.2) is 0 Å². The SMILES string of the molecule is Cc1c(-c2cc3ccccc3n2C(C)c2ccc(F)cc2)nc2cc(C(=O)N3CCCC(N)C3)ccn12. The molecule has 6 nitrogen and oxygen atoms in total. The summed E-state index contributed by atoms with van der Waals surface area (Å²) in [5.74, 6) is -0.250. The maximum atomic E-state index is 13.6. The van der Waals surface area contributed by atoms with E-state index in [0.29, 0.717) is 12.1 Å². The molecule has 6 rings (SSSR count). The van der Waals surface area contributed by atoms with Gasteiger partial charge in [0.25, 0.3) is 5.91 Å². The number of nitrogens with two attached hydrogens (primary N) is 1. The third-order valence-electron chi connectivity index (χ3n) is 7.59. The number of halogens is 1. The van der Waals surface area contributed by atoms with Gasteiger partial charge in [0, 0.05) is 47.5 Å². The summed E-state index contributed by atoms with van der Waals surface area (Å²) >= 11 is 0. The van der Waals surface area contributed by atoms with Gasteiger partial charge in [-0.2, -0.15) is 0 Å². The number of hydrogen-bond donors (Lipinski definition) is 1. The van der Waals surface area contributed by atoms with E-state index < -0.39 is 0 Å². The fraction of sp³-hybridized carbons (Fsp3) is 0.267. The number of likely N-dealkylation sites (tertiary alicyclic amines) is 1. The summed E-state index contributed by atoms with van der Waals surface area (Å²) in [6.45, 7) is 5.49. The van der Waals surface area contributed by atoms with E-state index in [1.807, 2.05) is 58.8 Å². The van der Waals surface area contributed by atoms with Crippen LogP contribution in [-0.2, 0) is 0 Å². The van der Waals surface area contributed by atoms with Crippen LogP contribution in [0.2, 0.25) is 0 Å². The van der Waals surface area contributed by atoms with E-state index in [1.165, 1.54) is 12.1 Å². The van der Waals surface area contributed by atoms with Crippen molar-refractivity contribution in [2.75, 3.05) is 13.1 Å². The maximum absolute atomic E-state index is 13.6. The number of nitrogens with zero attached hydrogens (tertiary/aromatic N) is 4. The van der Waals surface area contributed by atoms with E-state index in [9.17, 15) is 9.18 Å². The Morgan fingerprint density at radius 3 is 2.68 bits per heavy atom. The number of imidazole rings is 1. The van der Waals surface area contributed by atoms with Crippen LogP contribution in [-0.4, -0.2) is 43.9 Å². The molecule has 0 radical (unpaired) electrons. The van der Waals surface area contributed by atoms with Crippen LogP contribution < -0.4 is 5.73 Å². The molecule has 37 heavy (non-hydrogen) atoms. The fourth-order valence-corrected chi connectivity index (χ4v) is 5.59. The van der Waals surface area contributed by atoms with Gasteiger partial charge in [-0.25, -0.2) is 9.37 Å². The number of aryl methyl sites for hydroxylation is 1. The number of rotatable bonds is 4. The molecule has 2 atom stereocenters. The molecule has 188 valence electrons. The van der Waals surface area contributed by atoms with Gasteiger partial charge in [0.1, 0.15) is 17.2 Å². The number of aromatic nitrogens is 3. The summed E-state index contributed by atoms with van der Waals surface area (Å²) in [6, 6.07) is 20.8. The summed E-state index contributed by atoms with van der Waals surface area (Å²) in [5.41, 5.74) is 12.4. The third-order valence-corrected chi connectivity index (χ3v) is 7.59. The predicted molar refractivity (Wildman–Crippen MR) is 144 cm³/mol. The van der Waals surface area contributed by atoms with Gasteiger partial charge in [-0.15, -0.1) is 0 Å². The van der Waals surface area contributed by atoms with Crippen molar-refractivity contribution in [3.05, 3.63) is 95.6 Å². The van der Waals surface area contributed by atoms with Crippen LogP contribution >= 0.6 is 0 Å². The molecule has 0 bridgehead atoms. The number of benzene rings is 2. The second-order valence-electron chi connectivity index (χ2n) is 10.0. The van der Waals surface area contributed by atoms with E-state index in [4.69, 9.17) is 10.7 Å². The average Bonchev–Trinajstić information content (AvgIpc) is 3.45. The Bertz CT molecular complexity index is 1620. The zero-order valence-corrected chi connectivity index (χ0v) is 21.1. The van der Waals surface area contributed by atoms with Crippen LogP contribution in [0.5, 0.6) is 0 Å². The Labute approximate surface area is 215 Å². The molecule has 3 aromatic heterocycles. The highest BCUT2D eigenvalue weighted by molar-refractivity contribution is 5.95. The number of carbonyl (C=O) groups is 1. The number of pyridine rings is 1. The first-order valence-electron chi connectivity index (χ1n) is 12.8. The lowest BCUT2D eigenvalue weighted by atomic mass is 10.1. The molecule has 1 fully saturated rings. The number of amides is 1. The van der Waals surface area contributed by atoms with Crippen LogP contribution in [0.15, 0.2) is 72.9 Å². The lowest BCUT2D eigenvalue weighted by Gasteiger charge is -2.30. The topological polar surface area (TPSA) is 68.6 Å². The van der Waals surface area contributed by atoms with Crippen molar-refractivity contribution in [1.29, 1.82) is 0 Å². The van der Waals surface area contributed by atoms with E-state index >= 15 is 0 Å². The molecule has 1 aliphatic heterocycles. The number of para-hydroxylation sites is 1. The van der Waals surface area contributed by atoms with Gasteiger partial charge in [0.05, 0.1) is 11.7 Å². The van der Waals surface area contributed by atoms with Gasteiger partial charge in [0.2, 0.25) is 0 Å². The first-order valence-corrected chi connectivity index (χ1v) is 12.8. The molecule has 5 aromatic rings. The molecule has 2 aromatic carbocycles. The molecule has 2 unspecified atom stereocenters. The third kappa shape index (κ3) is 4.09. The fourth-order valence-electron chi connectivity index (χ4n) is 5.59. The van der Waals surface area contributed by atoms with Gasteiger partial charge in [-0.05, 0) is 68.7 Å². The second-order valence-corrected chi connectivity index (χ2v) is 10.0. The summed E-state index contributed by atoms with van der Waals surface area (Å²) in [7, 11) is 0. The molecule has 4 heterocycles. The van der Waals surface area contributed by atoms with Crippen molar-refractivity contribution in [3.8, 4) is 11.4 Å². The molecule has 2 N–H and O–H groups in total. The van der Waals surface area contributed by atoms with Crippen molar-refractivity contribution in [3.63, 3.8) is 0 Å². The molecule has 1 aliphatic rings. The Kier molecular flexibility index (Phi) is 5.80. The minimum Gasteiger partial charge on any atom is -0.337 e. The Morgan fingerprint density at radius 1 is 1.11 bits per heavy atom. The van der Waals surface area contributed by atoms with Gasteiger partial charge >= 0.3 is 0 Å². The maximum Gasteiger partial charge on any atom is 0.254 e. The molecular formula is C30H30FN5O. The van der Waals surface area contributed by atoms with Crippen LogP contribution in [0.4, 0.5) is 4.39 Å². The lowest BCUT2D eigenvalue weighted by molar-refractivity contribution is 0.0709. The molecule has 0 aliphatic carbocycles. The lowest BCUT2D eigenvalue weighted by Crippen LogP contribution is -2.45. The smallest absolute Gasteiger partial charge is 0.254 e. The first-order chi connectivity index (χ1) is 17.9. The number of carbonyl (C=O) groups excluding carboxylic acids is 1. The highest BCUT2D eigenvalue weighted by Gasteiger charge is 2.24. The van der Waals surface area contributed by atoms with Gasteiger partial charge in [-0.3, -0.25) is 4.79 Å². The zero-order chi connectivity index (χ0) is 25.7. The minimum atomic E-state index is -0.248. The molecule has 0 spiro atoms. The van der Waals surface area contributed by atoms with Crippen LogP contribution in [0.1, 0.15) is 47.4 Å². The monoisotopic (exact) mass is 495 g/mol. The van der Waals surface area contributed by atoms with E-state index in [1.54, 1.807) is 0 Å².